The van der Waals surface area contributed by atoms with Crippen LogP contribution in [0.3, 0.4) is 0 Å². The minimum atomic E-state index is 0.330. The van der Waals surface area contributed by atoms with Gasteiger partial charge in [-0.15, -0.1) is 0 Å². The highest BCUT2D eigenvalue weighted by atomic mass is 79.9. The third-order valence-corrected chi connectivity index (χ3v) is 5.26. The van der Waals surface area contributed by atoms with Crippen molar-refractivity contribution >= 4 is 21.8 Å². The van der Waals surface area contributed by atoms with Gasteiger partial charge in [0.05, 0.1) is 0 Å². The van der Waals surface area contributed by atoms with Crippen molar-refractivity contribution in [2.75, 3.05) is 11.9 Å². The first-order valence-electron chi connectivity index (χ1n) is 8.19. The third-order valence-electron chi connectivity index (χ3n) is 4.81. The lowest BCUT2D eigenvalue weighted by atomic mass is 9.88. The zero-order chi connectivity index (χ0) is 13.5. The van der Waals surface area contributed by atoms with Crippen molar-refractivity contribution < 1.29 is 4.79 Å². The third kappa shape index (κ3) is 4.47. The minimum Gasteiger partial charge on any atom is -0.339 e. The number of alkyl halides is 1. The van der Waals surface area contributed by atoms with Crippen LogP contribution in [0, 0.1) is 5.92 Å². The van der Waals surface area contributed by atoms with Gasteiger partial charge in [-0.2, -0.15) is 0 Å². The number of hydrogen-bond acceptors (Lipinski definition) is 1. The van der Waals surface area contributed by atoms with Gasteiger partial charge in [-0.1, -0.05) is 48.0 Å². The molecule has 2 rings (SSSR count). The summed E-state index contributed by atoms with van der Waals surface area (Å²) in [6.07, 6.45) is 13.7. The van der Waals surface area contributed by atoms with Crippen LogP contribution in [-0.4, -0.2) is 28.7 Å². The molecule has 0 aromatic carbocycles. The number of piperidine rings is 1. The van der Waals surface area contributed by atoms with E-state index in [1.807, 2.05) is 0 Å². The fourth-order valence-corrected chi connectivity index (χ4v) is 4.18. The van der Waals surface area contributed by atoms with Crippen molar-refractivity contribution in [3.63, 3.8) is 0 Å². The van der Waals surface area contributed by atoms with Gasteiger partial charge in [-0.05, 0) is 38.5 Å². The first-order valence-corrected chi connectivity index (χ1v) is 9.31. The molecule has 1 amide bonds. The average molecular weight is 330 g/mol. The summed E-state index contributed by atoms with van der Waals surface area (Å²) in [5.41, 5.74) is 0. The Balaban J connectivity index is 1.94. The van der Waals surface area contributed by atoms with Crippen molar-refractivity contribution in [1.29, 1.82) is 0 Å². The standard InChI is InChI=1S/C16H28BrNO/c17-12-11-15-10-6-7-13-18(15)16(19)14-8-4-2-1-3-5-9-14/h14-15H,1-13H2. The molecule has 0 N–H and O–H groups in total. The SMILES string of the molecule is O=C(C1CCCCCCC1)N1CCCCC1CCBr. The predicted octanol–water partition coefficient (Wildman–Crippen LogP) is 4.51. The molecule has 1 atom stereocenters. The number of likely N-dealkylation sites (tertiary alicyclic amines) is 1. The zero-order valence-corrected chi connectivity index (χ0v) is 13.7. The second-order valence-corrected chi connectivity index (χ2v) is 6.99. The van der Waals surface area contributed by atoms with E-state index in [0.29, 0.717) is 17.9 Å². The zero-order valence-electron chi connectivity index (χ0n) is 12.1. The van der Waals surface area contributed by atoms with Crippen LogP contribution in [0.2, 0.25) is 0 Å². The van der Waals surface area contributed by atoms with Gasteiger partial charge in [-0.25, -0.2) is 0 Å². The molecule has 19 heavy (non-hydrogen) atoms. The molecule has 2 nitrogen and oxygen atoms in total. The molecular weight excluding hydrogens is 302 g/mol. The molecular formula is C16H28BrNO. The second kappa shape index (κ2) is 8.28. The Labute approximate surface area is 126 Å². The monoisotopic (exact) mass is 329 g/mol. The molecule has 0 aromatic rings. The number of halogens is 1. The van der Waals surface area contributed by atoms with Crippen molar-refractivity contribution in [2.45, 2.75) is 76.7 Å². The molecule has 1 aliphatic heterocycles. The largest absolute Gasteiger partial charge is 0.339 e. The van der Waals surface area contributed by atoms with Crippen LogP contribution in [0.4, 0.5) is 0 Å². The van der Waals surface area contributed by atoms with E-state index in [4.69, 9.17) is 0 Å². The lowest BCUT2D eigenvalue weighted by Gasteiger charge is -2.38. The van der Waals surface area contributed by atoms with Gasteiger partial charge < -0.3 is 4.90 Å². The molecule has 1 heterocycles. The Bertz CT molecular complexity index is 272. The van der Waals surface area contributed by atoms with Crippen molar-refractivity contribution in [1.82, 2.24) is 4.90 Å². The maximum atomic E-state index is 12.8. The van der Waals surface area contributed by atoms with Gasteiger partial charge in [0.15, 0.2) is 0 Å². The van der Waals surface area contributed by atoms with Gasteiger partial charge in [0, 0.05) is 23.8 Å². The van der Waals surface area contributed by atoms with Crippen LogP contribution in [-0.2, 0) is 4.79 Å². The summed E-state index contributed by atoms with van der Waals surface area (Å²) in [6.45, 7) is 1.01. The predicted molar refractivity (Wildman–Crippen MR) is 83.6 cm³/mol. The van der Waals surface area contributed by atoms with E-state index in [1.165, 1.54) is 51.4 Å². The van der Waals surface area contributed by atoms with E-state index in [1.54, 1.807) is 0 Å². The van der Waals surface area contributed by atoms with Gasteiger partial charge in [0.2, 0.25) is 5.91 Å². The number of carbonyl (C=O) groups excluding carboxylic acids is 1. The number of hydrogen-bond donors (Lipinski definition) is 0. The maximum absolute atomic E-state index is 12.8. The highest BCUT2D eigenvalue weighted by Gasteiger charge is 2.30. The lowest BCUT2D eigenvalue weighted by Crippen LogP contribution is -2.46. The average Bonchev–Trinajstić information content (AvgIpc) is 2.39. The molecule has 0 spiro atoms. The summed E-state index contributed by atoms with van der Waals surface area (Å²) < 4.78 is 0. The molecule has 3 heteroatoms. The van der Waals surface area contributed by atoms with E-state index in [2.05, 4.69) is 20.8 Å². The molecule has 1 saturated carbocycles. The maximum Gasteiger partial charge on any atom is 0.225 e. The molecule has 0 radical (unpaired) electrons. The summed E-state index contributed by atoms with van der Waals surface area (Å²) in [7, 11) is 0. The summed E-state index contributed by atoms with van der Waals surface area (Å²) in [5, 5.41) is 1.02. The van der Waals surface area contributed by atoms with E-state index in [-0.39, 0.29) is 0 Å². The molecule has 2 fully saturated rings. The number of carbonyl (C=O) groups is 1. The van der Waals surface area contributed by atoms with Gasteiger partial charge in [0.1, 0.15) is 0 Å². The number of nitrogens with zero attached hydrogens (tertiary/aromatic N) is 1. The van der Waals surface area contributed by atoms with Crippen molar-refractivity contribution in [3.8, 4) is 0 Å². The fraction of sp³-hybridized carbons (Fsp3) is 0.938. The highest BCUT2D eigenvalue weighted by Crippen LogP contribution is 2.28. The quantitative estimate of drug-likeness (QED) is 0.697. The van der Waals surface area contributed by atoms with E-state index in [0.717, 1.165) is 31.1 Å². The lowest BCUT2D eigenvalue weighted by molar-refractivity contribution is -0.140. The normalized spacial score (nSPS) is 26.8. The van der Waals surface area contributed by atoms with Crippen molar-refractivity contribution in [2.24, 2.45) is 5.92 Å². The topological polar surface area (TPSA) is 20.3 Å². The minimum absolute atomic E-state index is 0.330. The fourth-order valence-electron chi connectivity index (χ4n) is 3.65. The van der Waals surface area contributed by atoms with Crippen LogP contribution in [0.25, 0.3) is 0 Å². The molecule has 1 aliphatic carbocycles. The van der Waals surface area contributed by atoms with Gasteiger partial charge in [0.25, 0.3) is 0 Å². The molecule has 1 unspecified atom stereocenters. The Hall–Kier alpha value is -0.0500. The van der Waals surface area contributed by atoms with E-state index in [9.17, 15) is 4.79 Å². The van der Waals surface area contributed by atoms with Crippen LogP contribution in [0.5, 0.6) is 0 Å². The highest BCUT2D eigenvalue weighted by molar-refractivity contribution is 9.09. The van der Waals surface area contributed by atoms with Crippen LogP contribution in [0.15, 0.2) is 0 Å². The van der Waals surface area contributed by atoms with Crippen molar-refractivity contribution in [3.05, 3.63) is 0 Å². The summed E-state index contributed by atoms with van der Waals surface area (Å²) in [5.74, 6) is 0.809. The van der Waals surface area contributed by atoms with Crippen LogP contribution in [0.1, 0.15) is 70.6 Å². The molecule has 2 aliphatic rings. The summed E-state index contributed by atoms with van der Waals surface area (Å²) in [4.78, 5) is 15.0. The van der Waals surface area contributed by atoms with Gasteiger partial charge in [-0.3, -0.25) is 4.79 Å². The smallest absolute Gasteiger partial charge is 0.225 e. The molecule has 0 aromatic heterocycles. The molecule has 110 valence electrons. The Morgan fingerprint density at radius 2 is 1.58 bits per heavy atom. The Morgan fingerprint density at radius 3 is 2.26 bits per heavy atom. The van der Waals surface area contributed by atoms with Crippen LogP contribution < -0.4 is 0 Å². The molecule has 1 saturated heterocycles. The first kappa shape index (κ1) is 15.3. The first-order chi connectivity index (χ1) is 9.33. The summed E-state index contributed by atoms with van der Waals surface area (Å²) in [6, 6.07) is 0.506. The van der Waals surface area contributed by atoms with E-state index >= 15 is 0 Å². The van der Waals surface area contributed by atoms with Crippen LogP contribution >= 0.6 is 15.9 Å². The Kier molecular flexibility index (Phi) is 6.69. The van der Waals surface area contributed by atoms with Gasteiger partial charge >= 0.3 is 0 Å². The number of amides is 1. The van der Waals surface area contributed by atoms with E-state index < -0.39 is 0 Å². The summed E-state index contributed by atoms with van der Waals surface area (Å²) >= 11 is 3.54. The number of rotatable bonds is 3. The molecule has 0 bridgehead atoms. The second-order valence-electron chi connectivity index (χ2n) is 6.20. The Morgan fingerprint density at radius 1 is 0.947 bits per heavy atom.